The molecular formula is C13H21FN2. The summed E-state index contributed by atoms with van der Waals surface area (Å²) in [6.07, 6.45) is 3.27. The molecule has 0 aromatic carbocycles. The lowest BCUT2D eigenvalue weighted by Crippen LogP contribution is -2.36. The number of rotatable bonds is 6. The van der Waals surface area contributed by atoms with Crippen molar-refractivity contribution in [2.24, 2.45) is 5.92 Å². The standard InChI is InChI=1S/C13H21FN2/c1-4-7-15-13(10(2)3)8-12-6-5-11(14)9-16-12/h5-6,9-10,13,15H,4,7-8H2,1-3H3. The summed E-state index contributed by atoms with van der Waals surface area (Å²) in [5, 5.41) is 3.50. The maximum absolute atomic E-state index is 12.7. The lowest BCUT2D eigenvalue weighted by molar-refractivity contribution is 0.394. The summed E-state index contributed by atoms with van der Waals surface area (Å²) < 4.78 is 12.7. The van der Waals surface area contributed by atoms with Crippen molar-refractivity contribution in [2.75, 3.05) is 6.54 Å². The topological polar surface area (TPSA) is 24.9 Å². The van der Waals surface area contributed by atoms with Crippen LogP contribution in [0.15, 0.2) is 18.3 Å². The quantitative estimate of drug-likeness (QED) is 0.803. The van der Waals surface area contributed by atoms with Crippen molar-refractivity contribution in [3.63, 3.8) is 0 Å². The smallest absolute Gasteiger partial charge is 0.141 e. The minimum absolute atomic E-state index is 0.272. The van der Waals surface area contributed by atoms with Crippen molar-refractivity contribution in [1.29, 1.82) is 0 Å². The molecule has 1 unspecified atom stereocenters. The van der Waals surface area contributed by atoms with E-state index < -0.39 is 0 Å². The minimum atomic E-state index is -0.272. The first-order chi connectivity index (χ1) is 7.63. The molecule has 0 saturated carbocycles. The Morgan fingerprint density at radius 3 is 2.62 bits per heavy atom. The van der Waals surface area contributed by atoms with Crippen molar-refractivity contribution in [3.05, 3.63) is 29.8 Å². The Bertz CT molecular complexity index is 295. The van der Waals surface area contributed by atoms with E-state index in [1.165, 1.54) is 12.3 Å². The van der Waals surface area contributed by atoms with E-state index in [0.29, 0.717) is 12.0 Å². The second kappa shape index (κ2) is 6.59. The van der Waals surface area contributed by atoms with Crippen LogP contribution in [0.25, 0.3) is 0 Å². The van der Waals surface area contributed by atoms with Gasteiger partial charge in [-0.1, -0.05) is 20.8 Å². The molecule has 0 bridgehead atoms. The molecule has 0 spiro atoms. The van der Waals surface area contributed by atoms with Gasteiger partial charge < -0.3 is 5.32 Å². The van der Waals surface area contributed by atoms with Gasteiger partial charge in [-0.15, -0.1) is 0 Å². The highest BCUT2D eigenvalue weighted by molar-refractivity contribution is 5.07. The number of halogens is 1. The average molecular weight is 224 g/mol. The van der Waals surface area contributed by atoms with Crippen LogP contribution in [0.4, 0.5) is 4.39 Å². The van der Waals surface area contributed by atoms with Gasteiger partial charge >= 0.3 is 0 Å². The van der Waals surface area contributed by atoms with E-state index in [4.69, 9.17) is 0 Å². The highest BCUT2D eigenvalue weighted by Gasteiger charge is 2.13. The second-order valence-corrected chi connectivity index (χ2v) is 4.48. The number of aromatic nitrogens is 1. The predicted octanol–water partition coefficient (Wildman–Crippen LogP) is 2.79. The summed E-state index contributed by atoms with van der Waals surface area (Å²) in [7, 11) is 0. The van der Waals surface area contributed by atoms with Gasteiger partial charge in [-0.2, -0.15) is 0 Å². The van der Waals surface area contributed by atoms with E-state index >= 15 is 0 Å². The molecule has 1 aromatic heterocycles. The largest absolute Gasteiger partial charge is 0.313 e. The van der Waals surface area contributed by atoms with Gasteiger partial charge in [0.15, 0.2) is 0 Å². The summed E-state index contributed by atoms with van der Waals surface area (Å²) in [6, 6.07) is 3.65. The fourth-order valence-electron chi connectivity index (χ4n) is 1.63. The normalized spacial score (nSPS) is 13.1. The van der Waals surface area contributed by atoms with E-state index in [1.54, 1.807) is 6.07 Å². The second-order valence-electron chi connectivity index (χ2n) is 4.48. The van der Waals surface area contributed by atoms with Crippen LogP contribution in [0, 0.1) is 11.7 Å². The number of nitrogens with zero attached hydrogens (tertiary/aromatic N) is 1. The Balaban J connectivity index is 2.57. The Morgan fingerprint density at radius 2 is 2.12 bits per heavy atom. The maximum atomic E-state index is 12.7. The van der Waals surface area contributed by atoms with E-state index in [-0.39, 0.29) is 5.82 Å². The van der Waals surface area contributed by atoms with Crippen LogP contribution >= 0.6 is 0 Å². The SMILES string of the molecule is CCCNC(Cc1ccc(F)cn1)C(C)C. The number of hydrogen-bond donors (Lipinski definition) is 1. The Kier molecular flexibility index (Phi) is 5.39. The van der Waals surface area contributed by atoms with Gasteiger partial charge in [-0.05, 0) is 31.0 Å². The monoisotopic (exact) mass is 224 g/mol. The summed E-state index contributed by atoms with van der Waals surface area (Å²) in [5.74, 6) is 0.282. The van der Waals surface area contributed by atoms with Gasteiger partial charge in [0.2, 0.25) is 0 Å². The molecular weight excluding hydrogens is 203 g/mol. The van der Waals surface area contributed by atoms with Crippen LogP contribution in [-0.4, -0.2) is 17.6 Å². The molecule has 0 fully saturated rings. The molecule has 1 atom stereocenters. The highest BCUT2D eigenvalue weighted by Crippen LogP contribution is 2.09. The third kappa shape index (κ3) is 4.27. The zero-order valence-electron chi connectivity index (χ0n) is 10.3. The Hall–Kier alpha value is -0.960. The molecule has 16 heavy (non-hydrogen) atoms. The lowest BCUT2D eigenvalue weighted by Gasteiger charge is -2.21. The summed E-state index contributed by atoms with van der Waals surface area (Å²) in [4.78, 5) is 4.09. The third-order valence-electron chi connectivity index (χ3n) is 2.68. The fraction of sp³-hybridized carbons (Fsp3) is 0.615. The van der Waals surface area contributed by atoms with Crippen LogP contribution in [-0.2, 0) is 6.42 Å². The molecule has 1 aromatic rings. The highest BCUT2D eigenvalue weighted by atomic mass is 19.1. The fourth-order valence-corrected chi connectivity index (χ4v) is 1.63. The van der Waals surface area contributed by atoms with Crippen molar-refractivity contribution in [2.45, 2.75) is 39.7 Å². The molecule has 2 nitrogen and oxygen atoms in total. The zero-order valence-corrected chi connectivity index (χ0v) is 10.3. The lowest BCUT2D eigenvalue weighted by atomic mass is 9.99. The summed E-state index contributed by atoms with van der Waals surface area (Å²) in [6.45, 7) is 7.55. The molecule has 1 rings (SSSR count). The molecule has 90 valence electrons. The first-order valence-electron chi connectivity index (χ1n) is 5.97. The van der Waals surface area contributed by atoms with Crippen LogP contribution in [0.3, 0.4) is 0 Å². The molecule has 0 aliphatic rings. The number of nitrogens with one attached hydrogen (secondary N) is 1. The molecule has 1 N–H and O–H groups in total. The van der Waals surface area contributed by atoms with Crippen LogP contribution in [0.5, 0.6) is 0 Å². The first-order valence-corrected chi connectivity index (χ1v) is 5.97. The molecule has 0 radical (unpaired) electrons. The first kappa shape index (κ1) is 13.1. The number of pyridine rings is 1. The van der Waals surface area contributed by atoms with Crippen LogP contribution in [0.1, 0.15) is 32.9 Å². The van der Waals surface area contributed by atoms with Crippen molar-refractivity contribution >= 4 is 0 Å². The Morgan fingerprint density at radius 1 is 1.38 bits per heavy atom. The Labute approximate surface area is 97.3 Å². The van der Waals surface area contributed by atoms with E-state index in [1.807, 2.05) is 0 Å². The van der Waals surface area contributed by atoms with Gasteiger partial charge in [0.05, 0.1) is 6.20 Å². The summed E-state index contributed by atoms with van der Waals surface area (Å²) >= 11 is 0. The van der Waals surface area contributed by atoms with Gasteiger partial charge in [-0.3, -0.25) is 4.98 Å². The van der Waals surface area contributed by atoms with Crippen molar-refractivity contribution < 1.29 is 4.39 Å². The van der Waals surface area contributed by atoms with Gasteiger partial charge in [0.25, 0.3) is 0 Å². The molecule has 3 heteroatoms. The maximum Gasteiger partial charge on any atom is 0.141 e. The molecule has 0 aliphatic heterocycles. The van der Waals surface area contributed by atoms with Crippen LogP contribution in [0.2, 0.25) is 0 Å². The van der Waals surface area contributed by atoms with Crippen molar-refractivity contribution in [3.8, 4) is 0 Å². The predicted molar refractivity (Wildman–Crippen MR) is 64.8 cm³/mol. The van der Waals surface area contributed by atoms with Gasteiger partial charge in [0.1, 0.15) is 5.82 Å². The van der Waals surface area contributed by atoms with Gasteiger partial charge in [0, 0.05) is 18.2 Å². The third-order valence-corrected chi connectivity index (χ3v) is 2.68. The zero-order chi connectivity index (χ0) is 12.0. The van der Waals surface area contributed by atoms with Crippen LogP contribution < -0.4 is 5.32 Å². The van der Waals surface area contributed by atoms with Gasteiger partial charge in [-0.25, -0.2) is 4.39 Å². The molecule has 0 amide bonds. The van der Waals surface area contributed by atoms with E-state index in [0.717, 1.165) is 25.1 Å². The van der Waals surface area contributed by atoms with E-state index in [9.17, 15) is 4.39 Å². The molecule has 0 aliphatic carbocycles. The van der Waals surface area contributed by atoms with Crippen molar-refractivity contribution in [1.82, 2.24) is 10.3 Å². The molecule has 1 heterocycles. The van der Waals surface area contributed by atoms with E-state index in [2.05, 4.69) is 31.1 Å². The minimum Gasteiger partial charge on any atom is -0.313 e. The summed E-state index contributed by atoms with van der Waals surface area (Å²) in [5.41, 5.74) is 0.948. The average Bonchev–Trinajstić information content (AvgIpc) is 2.26. The molecule has 0 saturated heterocycles. The number of hydrogen-bond acceptors (Lipinski definition) is 2.